The monoisotopic (exact) mass is 345 g/mol. The highest BCUT2D eigenvalue weighted by molar-refractivity contribution is 5.86. The normalized spacial score (nSPS) is 32.1. The van der Waals surface area contributed by atoms with Crippen molar-refractivity contribution in [1.82, 2.24) is 5.23 Å². The fraction of sp³-hybridized carbons (Fsp3) is 0.714. The Labute approximate surface area is 137 Å². The third kappa shape index (κ3) is 3.12. The number of hydrogen-bond acceptors (Lipinski definition) is 10. The molecule has 0 unspecified atom stereocenters. The van der Waals surface area contributed by atoms with Gasteiger partial charge < -0.3 is 19.0 Å². The highest BCUT2D eigenvalue weighted by atomic mass is 17.0. The van der Waals surface area contributed by atoms with E-state index in [4.69, 9.17) is 14.4 Å². The molecule has 134 valence electrons. The summed E-state index contributed by atoms with van der Waals surface area (Å²) in [6, 6.07) is -0.866. The van der Waals surface area contributed by atoms with Gasteiger partial charge in [0.15, 0.2) is 12.2 Å². The van der Waals surface area contributed by atoms with Gasteiger partial charge in [0.05, 0.1) is 27.4 Å². The van der Waals surface area contributed by atoms with Crippen LogP contribution in [-0.4, -0.2) is 68.5 Å². The minimum absolute atomic E-state index is 0.0638. The van der Waals surface area contributed by atoms with Gasteiger partial charge in [-0.25, -0.2) is 9.59 Å². The van der Waals surface area contributed by atoms with Crippen LogP contribution in [0.15, 0.2) is 0 Å². The van der Waals surface area contributed by atoms with Crippen LogP contribution >= 0.6 is 0 Å². The number of carbonyl (C=O) groups excluding carboxylic acids is 4. The molecule has 5 atom stereocenters. The molecule has 2 fully saturated rings. The maximum absolute atomic E-state index is 12.2. The number of hydroxylamine groups is 2. The number of nitrogens with zero attached hydrogens (tertiary/aromatic N) is 1. The third-order valence-electron chi connectivity index (χ3n) is 4.06. The van der Waals surface area contributed by atoms with E-state index in [1.807, 2.05) is 0 Å². The molecule has 2 aliphatic heterocycles. The summed E-state index contributed by atoms with van der Waals surface area (Å²) in [5.41, 5.74) is 0. The summed E-state index contributed by atoms with van der Waals surface area (Å²) >= 11 is 0. The molecule has 0 aliphatic carbocycles. The summed E-state index contributed by atoms with van der Waals surface area (Å²) in [7, 11) is 3.48. The van der Waals surface area contributed by atoms with Crippen LogP contribution in [0.2, 0.25) is 0 Å². The number of ether oxygens (including phenoxy) is 3. The first kappa shape index (κ1) is 18.3. The fourth-order valence-electron chi connectivity index (χ4n) is 3.04. The second kappa shape index (κ2) is 7.24. The predicted octanol–water partition coefficient (Wildman–Crippen LogP) is -0.985. The van der Waals surface area contributed by atoms with Gasteiger partial charge in [0, 0.05) is 12.3 Å². The predicted molar refractivity (Wildman–Crippen MR) is 73.7 cm³/mol. The van der Waals surface area contributed by atoms with E-state index in [-0.39, 0.29) is 12.2 Å². The van der Waals surface area contributed by atoms with E-state index >= 15 is 0 Å². The van der Waals surface area contributed by atoms with E-state index in [9.17, 15) is 19.2 Å². The van der Waals surface area contributed by atoms with Gasteiger partial charge in [-0.2, -0.15) is 0 Å². The number of fused-ring (bicyclic) bond motifs is 1. The van der Waals surface area contributed by atoms with Crippen molar-refractivity contribution in [3.05, 3.63) is 0 Å². The second-order valence-corrected chi connectivity index (χ2v) is 5.49. The highest BCUT2D eigenvalue weighted by Crippen LogP contribution is 2.43. The Morgan fingerprint density at radius 2 is 1.38 bits per heavy atom. The minimum atomic E-state index is -1.29. The van der Waals surface area contributed by atoms with Crippen molar-refractivity contribution >= 4 is 23.7 Å². The number of esters is 3. The number of Topliss-reactive ketones (excluding diaryl/α,β-unsaturated/α-hetero) is 1. The molecule has 0 aromatic rings. The molecule has 0 amide bonds. The molecule has 2 saturated heterocycles. The lowest BCUT2D eigenvalue weighted by atomic mass is 9.81. The van der Waals surface area contributed by atoms with Crippen LogP contribution in [0, 0.1) is 11.8 Å². The van der Waals surface area contributed by atoms with Gasteiger partial charge in [0.1, 0.15) is 11.7 Å². The average molecular weight is 345 g/mol. The Morgan fingerprint density at radius 1 is 0.875 bits per heavy atom. The Kier molecular flexibility index (Phi) is 5.52. The van der Waals surface area contributed by atoms with Crippen LogP contribution in [0.4, 0.5) is 0 Å². The molecule has 0 saturated carbocycles. The van der Waals surface area contributed by atoms with E-state index in [1.165, 1.54) is 14.0 Å². The van der Waals surface area contributed by atoms with Crippen molar-refractivity contribution in [1.29, 1.82) is 0 Å². The molecular weight excluding hydrogens is 326 g/mol. The molecular formula is C14H19NO9. The van der Waals surface area contributed by atoms with E-state index in [0.717, 1.165) is 19.4 Å². The van der Waals surface area contributed by atoms with Crippen molar-refractivity contribution in [2.75, 3.05) is 21.3 Å². The van der Waals surface area contributed by atoms with Gasteiger partial charge in [0.2, 0.25) is 0 Å². The molecule has 2 rings (SSSR count). The number of carbonyl (C=O) groups is 4. The summed E-state index contributed by atoms with van der Waals surface area (Å²) < 4.78 is 14.0. The van der Waals surface area contributed by atoms with Gasteiger partial charge >= 0.3 is 17.9 Å². The lowest BCUT2D eigenvalue weighted by Gasteiger charge is -2.22. The van der Waals surface area contributed by atoms with Crippen LogP contribution in [0.3, 0.4) is 0 Å². The molecule has 0 aromatic heterocycles. The van der Waals surface area contributed by atoms with Crippen molar-refractivity contribution in [3.8, 4) is 0 Å². The Balaban J connectivity index is 2.38. The van der Waals surface area contributed by atoms with Crippen LogP contribution in [0.1, 0.15) is 13.3 Å². The number of hydrogen-bond donors (Lipinski definition) is 0. The molecule has 0 N–H and O–H groups in total. The number of rotatable bonds is 5. The van der Waals surface area contributed by atoms with E-state index in [1.54, 1.807) is 0 Å². The smallest absolute Gasteiger partial charge is 0.338 e. The first-order valence-electron chi connectivity index (χ1n) is 7.21. The first-order valence-corrected chi connectivity index (χ1v) is 7.21. The maximum Gasteiger partial charge on any atom is 0.338 e. The Hall–Kier alpha value is -2.04. The second-order valence-electron chi connectivity index (χ2n) is 5.49. The Bertz CT molecular complexity index is 548. The molecule has 0 aromatic carbocycles. The van der Waals surface area contributed by atoms with Crippen molar-refractivity contribution < 1.29 is 43.1 Å². The fourth-order valence-corrected chi connectivity index (χ4v) is 3.04. The zero-order valence-corrected chi connectivity index (χ0v) is 13.7. The summed E-state index contributed by atoms with van der Waals surface area (Å²) in [6.45, 7) is 1.34. The largest absolute Gasteiger partial charge is 0.469 e. The molecule has 0 spiro atoms. The summed E-state index contributed by atoms with van der Waals surface area (Å²) in [4.78, 5) is 58.2. The standard InChI is InChI=1S/C14H19NO9/c1-6(16)5-7-9-8(12(17)20-2)11(14(19)22-4)24-15(9)23-10(7)13(18)21-3/h7-11H,5H2,1-4H3/t7-,8+,9-,10+,11-/m0/s1. The quantitative estimate of drug-likeness (QED) is 0.454. The van der Waals surface area contributed by atoms with Gasteiger partial charge in [-0.1, -0.05) is 5.23 Å². The van der Waals surface area contributed by atoms with E-state index < -0.39 is 48.0 Å². The summed E-state index contributed by atoms with van der Waals surface area (Å²) in [5, 5.41) is 0.901. The number of ketones is 1. The van der Waals surface area contributed by atoms with Crippen LogP contribution in [0.5, 0.6) is 0 Å². The molecule has 0 radical (unpaired) electrons. The van der Waals surface area contributed by atoms with Gasteiger partial charge in [-0.3, -0.25) is 14.5 Å². The Morgan fingerprint density at radius 3 is 1.88 bits per heavy atom. The minimum Gasteiger partial charge on any atom is -0.469 e. The zero-order valence-electron chi connectivity index (χ0n) is 13.7. The highest BCUT2D eigenvalue weighted by Gasteiger charge is 2.63. The molecule has 10 heteroatoms. The van der Waals surface area contributed by atoms with Gasteiger partial charge in [0.25, 0.3) is 0 Å². The zero-order chi connectivity index (χ0) is 18.0. The van der Waals surface area contributed by atoms with E-state index in [2.05, 4.69) is 9.47 Å². The van der Waals surface area contributed by atoms with Crippen LogP contribution in [0.25, 0.3) is 0 Å². The van der Waals surface area contributed by atoms with Gasteiger partial charge in [-0.15, -0.1) is 0 Å². The van der Waals surface area contributed by atoms with E-state index in [0.29, 0.717) is 0 Å². The molecule has 0 bridgehead atoms. The molecule has 2 heterocycles. The summed E-state index contributed by atoms with van der Waals surface area (Å²) in [5.74, 6) is -4.31. The van der Waals surface area contributed by atoms with Gasteiger partial charge in [-0.05, 0) is 6.92 Å². The molecule has 2 aliphatic rings. The lowest BCUT2D eigenvalue weighted by Crippen LogP contribution is -2.44. The van der Waals surface area contributed by atoms with Crippen molar-refractivity contribution in [2.45, 2.75) is 31.6 Å². The third-order valence-corrected chi connectivity index (χ3v) is 4.06. The topological polar surface area (TPSA) is 118 Å². The SMILES string of the molecule is COC(=O)[C@@H]1[C@@H]2[C@H](CC(C)=O)[C@H](C(=O)OC)ON2O[C@@H]1C(=O)OC. The first-order chi connectivity index (χ1) is 11.3. The van der Waals surface area contributed by atoms with Crippen LogP contribution < -0.4 is 0 Å². The van der Waals surface area contributed by atoms with Crippen molar-refractivity contribution in [2.24, 2.45) is 11.8 Å². The number of methoxy groups -OCH3 is 3. The van der Waals surface area contributed by atoms with Crippen LogP contribution in [-0.2, 0) is 43.1 Å². The van der Waals surface area contributed by atoms with Crippen molar-refractivity contribution in [3.63, 3.8) is 0 Å². The summed E-state index contributed by atoms with van der Waals surface area (Å²) in [6.07, 6.45) is -2.48. The molecule has 24 heavy (non-hydrogen) atoms. The maximum atomic E-state index is 12.2. The average Bonchev–Trinajstić information content (AvgIpc) is 3.09. The molecule has 10 nitrogen and oxygen atoms in total. The lowest BCUT2D eigenvalue weighted by molar-refractivity contribution is -0.350.